The first-order chi connectivity index (χ1) is 8.97. The third kappa shape index (κ3) is 3.02. The first-order valence-corrected chi connectivity index (χ1v) is 6.33. The number of rotatable bonds is 3. The quantitative estimate of drug-likeness (QED) is 0.918. The molecule has 4 nitrogen and oxygen atoms in total. The molecule has 1 amide bonds. The van der Waals surface area contributed by atoms with E-state index in [4.69, 9.17) is 0 Å². The van der Waals surface area contributed by atoms with E-state index in [1.54, 1.807) is 0 Å². The molecule has 19 heavy (non-hydrogen) atoms. The lowest BCUT2D eigenvalue weighted by molar-refractivity contribution is -0.114. The van der Waals surface area contributed by atoms with Gasteiger partial charge in [-0.3, -0.25) is 9.48 Å². The van der Waals surface area contributed by atoms with Crippen LogP contribution in [0.4, 0.5) is 5.69 Å². The van der Waals surface area contributed by atoms with E-state index in [1.165, 1.54) is 23.7 Å². The molecular formula is C15H19N3O. The molecule has 0 radical (unpaired) electrons. The number of anilines is 1. The number of nitrogens with one attached hydrogen (secondary N) is 1. The second-order valence-corrected chi connectivity index (χ2v) is 4.83. The van der Waals surface area contributed by atoms with E-state index in [0.29, 0.717) is 0 Å². The summed E-state index contributed by atoms with van der Waals surface area (Å²) in [5.41, 5.74) is 5.59. The van der Waals surface area contributed by atoms with Gasteiger partial charge in [0.15, 0.2) is 0 Å². The van der Waals surface area contributed by atoms with Crippen LogP contribution in [0.3, 0.4) is 0 Å². The van der Waals surface area contributed by atoms with Gasteiger partial charge < -0.3 is 5.32 Å². The SMILES string of the molecule is CC(=O)Nc1ccc(Cc2c(C)nn(C)c2C)cc1. The van der Waals surface area contributed by atoms with Crippen LogP contribution in [-0.4, -0.2) is 15.7 Å². The number of amides is 1. The lowest BCUT2D eigenvalue weighted by Crippen LogP contribution is -2.05. The van der Waals surface area contributed by atoms with Gasteiger partial charge in [-0.2, -0.15) is 5.10 Å². The van der Waals surface area contributed by atoms with Crippen molar-refractivity contribution < 1.29 is 4.79 Å². The van der Waals surface area contributed by atoms with Gasteiger partial charge in [-0.05, 0) is 31.5 Å². The number of carbonyl (C=O) groups excluding carboxylic acids is 1. The van der Waals surface area contributed by atoms with Crippen LogP contribution in [0.1, 0.15) is 29.4 Å². The average molecular weight is 257 g/mol. The third-order valence-electron chi connectivity index (χ3n) is 3.31. The Morgan fingerprint density at radius 1 is 1.26 bits per heavy atom. The molecule has 1 heterocycles. The largest absolute Gasteiger partial charge is 0.326 e. The number of carbonyl (C=O) groups is 1. The summed E-state index contributed by atoms with van der Waals surface area (Å²) in [5, 5.41) is 7.19. The molecule has 4 heteroatoms. The summed E-state index contributed by atoms with van der Waals surface area (Å²) in [6.45, 7) is 5.63. The highest BCUT2D eigenvalue weighted by Crippen LogP contribution is 2.18. The van der Waals surface area contributed by atoms with Gasteiger partial charge in [-0.1, -0.05) is 12.1 Å². The molecule has 0 atom stereocenters. The normalized spacial score (nSPS) is 10.5. The molecular weight excluding hydrogens is 238 g/mol. The molecule has 1 aromatic heterocycles. The van der Waals surface area contributed by atoms with Gasteiger partial charge in [0.25, 0.3) is 0 Å². The van der Waals surface area contributed by atoms with Crippen molar-refractivity contribution in [2.24, 2.45) is 7.05 Å². The first kappa shape index (κ1) is 13.3. The predicted octanol–water partition coefficient (Wildman–Crippen LogP) is 2.59. The van der Waals surface area contributed by atoms with E-state index in [9.17, 15) is 4.79 Å². The number of aromatic nitrogens is 2. The van der Waals surface area contributed by atoms with Crippen molar-refractivity contribution in [2.45, 2.75) is 27.2 Å². The molecule has 0 saturated carbocycles. The summed E-state index contributed by atoms with van der Waals surface area (Å²) in [6.07, 6.45) is 0.867. The van der Waals surface area contributed by atoms with E-state index in [0.717, 1.165) is 17.8 Å². The number of nitrogens with zero attached hydrogens (tertiary/aromatic N) is 2. The third-order valence-corrected chi connectivity index (χ3v) is 3.31. The van der Waals surface area contributed by atoms with E-state index >= 15 is 0 Å². The maximum atomic E-state index is 11.0. The van der Waals surface area contributed by atoms with Crippen LogP contribution in [0.15, 0.2) is 24.3 Å². The summed E-state index contributed by atoms with van der Waals surface area (Å²) in [4.78, 5) is 11.0. The molecule has 100 valence electrons. The summed E-state index contributed by atoms with van der Waals surface area (Å²) in [5.74, 6) is -0.0494. The number of hydrogen-bond acceptors (Lipinski definition) is 2. The second-order valence-electron chi connectivity index (χ2n) is 4.83. The van der Waals surface area contributed by atoms with E-state index in [-0.39, 0.29) is 5.91 Å². The van der Waals surface area contributed by atoms with Crippen LogP contribution in [0.2, 0.25) is 0 Å². The van der Waals surface area contributed by atoms with E-state index in [2.05, 4.69) is 17.3 Å². The molecule has 0 aliphatic rings. The fourth-order valence-corrected chi connectivity index (χ4v) is 2.19. The zero-order valence-corrected chi connectivity index (χ0v) is 11.8. The van der Waals surface area contributed by atoms with Crippen molar-refractivity contribution in [3.63, 3.8) is 0 Å². The Balaban J connectivity index is 2.17. The van der Waals surface area contributed by atoms with Crippen molar-refractivity contribution in [3.05, 3.63) is 46.8 Å². The molecule has 0 unspecified atom stereocenters. The van der Waals surface area contributed by atoms with Crippen LogP contribution >= 0.6 is 0 Å². The van der Waals surface area contributed by atoms with Crippen LogP contribution < -0.4 is 5.32 Å². The fraction of sp³-hybridized carbons (Fsp3) is 0.333. The number of aryl methyl sites for hydroxylation is 2. The summed E-state index contributed by atoms with van der Waals surface area (Å²) >= 11 is 0. The van der Waals surface area contributed by atoms with Gasteiger partial charge in [0.05, 0.1) is 5.69 Å². The minimum Gasteiger partial charge on any atom is -0.326 e. The highest BCUT2D eigenvalue weighted by Gasteiger charge is 2.09. The van der Waals surface area contributed by atoms with Crippen LogP contribution in [0, 0.1) is 13.8 Å². The second kappa shape index (κ2) is 5.26. The summed E-state index contributed by atoms with van der Waals surface area (Å²) < 4.78 is 1.91. The Hall–Kier alpha value is -2.10. The minimum atomic E-state index is -0.0494. The van der Waals surface area contributed by atoms with Crippen molar-refractivity contribution in [2.75, 3.05) is 5.32 Å². The Labute approximate surface area is 113 Å². The summed E-state index contributed by atoms with van der Waals surface area (Å²) in [6, 6.07) is 7.93. The van der Waals surface area contributed by atoms with Crippen molar-refractivity contribution in [1.82, 2.24) is 9.78 Å². The zero-order chi connectivity index (χ0) is 14.0. The van der Waals surface area contributed by atoms with Crippen molar-refractivity contribution in [3.8, 4) is 0 Å². The Morgan fingerprint density at radius 2 is 1.89 bits per heavy atom. The van der Waals surface area contributed by atoms with Crippen molar-refractivity contribution >= 4 is 11.6 Å². The van der Waals surface area contributed by atoms with Gasteiger partial charge >= 0.3 is 0 Å². The molecule has 1 N–H and O–H groups in total. The van der Waals surface area contributed by atoms with Gasteiger partial charge in [-0.25, -0.2) is 0 Å². The van der Waals surface area contributed by atoms with Crippen LogP contribution in [-0.2, 0) is 18.3 Å². The molecule has 0 aliphatic carbocycles. The number of hydrogen-bond donors (Lipinski definition) is 1. The molecule has 2 rings (SSSR count). The van der Waals surface area contributed by atoms with Gasteiger partial charge in [0.2, 0.25) is 5.91 Å². The molecule has 0 saturated heterocycles. The van der Waals surface area contributed by atoms with E-state index in [1.807, 2.05) is 42.9 Å². The van der Waals surface area contributed by atoms with E-state index < -0.39 is 0 Å². The molecule has 0 spiro atoms. The van der Waals surface area contributed by atoms with Gasteiger partial charge in [-0.15, -0.1) is 0 Å². The summed E-state index contributed by atoms with van der Waals surface area (Å²) in [7, 11) is 1.96. The highest BCUT2D eigenvalue weighted by molar-refractivity contribution is 5.88. The lowest BCUT2D eigenvalue weighted by Gasteiger charge is -2.05. The minimum absolute atomic E-state index is 0.0494. The molecule has 0 aliphatic heterocycles. The lowest BCUT2D eigenvalue weighted by atomic mass is 10.0. The Kier molecular flexibility index (Phi) is 3.69. The topological polar surface area (TPSA) is 46.9 Å². The smallest absolute Gasteiger partial charge is 0.221 e. The molecule has 1 aromatic carbocycles. The highest BCUT2D eigenvalue weighted by atomic mass is 16.1. The standard InChI is InChI=1S/C15H19N3O/c1-10-15(11(2)18(4)17-10)9-13-5-7-14(8-6-13)16-12(3)19/h5-8H,9H2,1-4H3,(H,16,19). The first-order valence-electron chi connectivity index (χ1n) is 6.33. The molecule has 0 fully saturated rings. The van der Waals surface area contributed by atoms with Crippen molar-refractivity contribution in [1.29, 1.82) is 0 Å². The fourth-order valence-electron chi connectivity index (χ4n) is 2.19. The monoisotopic (exact) mass is 257 g/mol. The van der Waals surface area contributed by atoms with Crippen LogP contribution in [0.25, 0.3) is 0 Å². The predicted molar refractivity (Wildman–Crippen MR) is 76.2 cm³/mol. The van der Waals surface area contributed by atoms with Gasteiger partial charge in [0, 0.05) is 37.3 Å². The molecule has 0 bridgehead atoms. The van der Waals surface area contributed by atoms with Gasteiger partial charge in [0.1, 0.15) is 0 Å². The number of benzene rings is 1. The maximum Gasteiger partial charge on any atom is 0.221 e. The molecule has 2 aromatic rings. The Morgan fingerprint density at radius 3 is 2.37 bits per heavy atom. The zero-order valence-electron chi connectivity index (χ0n) is 11.8. The Bertz CT molecular complexity index is 597. The van der Waals surface area contributed by atoms with Crippen LogP contribution in [0.5, 0.6) is 0 Å². The maximum absolute atomic E-state index is 11.0. The average Bonchev–Trinajstić information content (AvgIpc) is 2.58.